The Labute approximate surface area is 222 Å². The van der Waals surface area contributed by atoms with Gasteiger partial charge in [-0.05, 0) is 67.6 Å². The Hall–Kier alpha value is -3.67. The van der Waals surface area contributed by atoms with Gasteiger partial charge in [-0.1, -0.05) is 29.0 Å². The second-order valence-corrected chi connectivity index (χ2v) is 10.8. The second kappa shape index (κ2) is 11.2. The van der Waals surface area contributed by atoms with Crippen LogP contribution in [0.25, 0.3) is 10.2 Å². The van der Waals surface area contributed by atoms with Crippen LogP contribution in [0.5, 0.6) is 5.75 Å². The van der Waals surface area contributed by atoms with Crippen LogP contribution in [0.1, 0.15) is 17.3 Å². The van der Waals surface area contributed by atoms with Crippen molar-refractivity contribution in [1.29, 1.82) is 0 Å². The van der Waals surface area contributed by atoms with Gasteiger partial charge in [0.05, 0.1) is 28.8 Å². The number of benzene rings is 3. The fourth-order valence-electron chi connectivity index (χ4n) is 3.45. The molecule has 0 radical (unpaired) electrons. The first kappa shape index (κ1) is 26.4. The number of carbonyl (C=O) groups is 2. The van der Waals surface area contributed by atoms with E-state index in [1.54, 1.807) is 42.9 Å². The number of anilines is 1. The van der Waals surface area contributed by atoms with Crippen LogP contribution in [0.3, 0.4) is 0 Å². The van der Waals surface area contributed by atoms with Gasteiger partial charge in [0.1, 0.15) is 12.3 Å². The predicted octanol–water partition coefficient (Wildman–Crippen LogP) is 4.47. The molecule has 4 aromatic rings. The number of ether oxygens (including phenoxy) is 2. The zero-order valence-electron chi connectivity index (χ0n) is 19.8. The third kappa shape index (κ3) is 6.19. The van der Waals surface area contributed by atoms with E-state index >= 15 is 0 Å². The number of nitrogens with one attached hydrogen (secondary N) is 1. The molecule has 1 aromatic heterocycles. The van der Waals surface area contributed by atoms with E-state index < -0.39 is 21.9 Å². The number of halogens is 1. The minimum absolute atomic E-state index is 0.0269. The summed E-state index contributed by atoms with van der Waals surface area (Å²) in [6.07, 6.45) is 0. The normalized spacial score (nSPS) is 11.9. The number of aromatic nitrogens is 1. The summed E-state index contributed by atoms with van der Waals surface area (Å²) in [4.78, 5) is 29.9. The highest BCUT2D eigenvalue weighted by Gasteiger charge is 2.16. The molecule has 0 aliphatic heterocycles. The predicted molar refractivity (Wildman–Crippen MR) is 142 cm³/mol. The molecule has 4 rings (SSSR count). The van der Waals surface area contributed by atoms with E-state index in [2.05, 4.69) is 9.71 Å². The molecule has 3 aromatic carbocycles. The van der Waals surface area contributed by atoms with Crippen LogP contribution in [-0.4, -0.2) is 38.6 Å². The van der Waals surface area contributed by atoms with Crippen LogP contribution in [-0.2, 0) is 26.1 Å². The molecule has 0 aliphatic carbocycles. The molecule has 0 spiro atoms. The summed E-state index contributed by atoms with van der Waals surface area (Å²) in [5.41, 5.74) is 1.04. The molecule has 0 saturated carbocycles. The molecule has 12 heteroatoms. The number of fused-ring (bicyclic) bond motifs is 1. The van der Waals surface area contributed by atoms with Crippen LogP contribution < -0.4 is 14.3 Å². The summed E-state index contributed by atoms with van der Waals surface area (Å²) >= 11 is 7.06. The standard InChI is InChI=1S/C25H22ClN3O6S2/c1-3-35-23(30)15-29-21-12-9-19(34-2)14-22(21)36-25(29)27-24(31)16-5-4-6-18(13-16)28-37(32,33)20-10-7-17(26)8-11-20/h4-14,28H,3,15H2,1-2H3. The quantitative estimate of drug-likeness (QED) is 0.318. The van der Waals surface area contributed by atoms with Gasteiger partial charge >= 0.3 is 5.97 Å². The molecule has 1 heterocycles. The average Bonchev–Trinajstić information content (AvgIpc) is 3.20. The van der Waals surface area contributed by atoms with Crippen LogP contribution in [0, 0.1) is 0 Å². The fourth-order valence-corrected chi connectivity index (χ4v) is 5.68. The molecule has 0 atom stereocenters. The van der Waals surface area contributed by atoms with Gasteiger partial charge in [0.25, 0.3) is 15.9 Å². The Bertz CT molecular complexity index is 1640. The lowest BCUT2D eigenvalue weighted by atomic mass is 10.2. The van der Waals surface area contributed by atoms with E-state index in [0.717, 1.165) is 4.70 Å². The van der Waals surface area contributed by atoms with Crippen LogP contribution in [0.4, 0.5) is 5.69 Å². The van der Waals surface area contributed by atoms with E-state index in [9.17, 15) is 18.0 Å². The highest BCUT2D eigenvalue weighted by atomic mass is 35.5. The Morgan fingerprint density at radius 3 is 2.54 bits per heavy atom. The lowest BCUT2D eigenvalue weighted by Crippen LogP contribution is -2.23. The summed E-state index contributed by atoms with van der Waals surface area (Å²) in [7, 11) is -2.35. The van der Waals surface area contributed by atoms with Crippen molar-refractivity contribution in [2.24, 2.45) is 4.99 Å². The van der Waals surface area contributed by atoms with Gasteiger partial charge in [0.15, 0.2) is 4.80 Å². The topological polar surface area (TPSA) is 116 Å². The van der Waals surface area contributed by atoms with Gasteiger partial charge in [-0.2, -0.15) is 4.99 Å². The SMILES string of the molecule is CCOC(=O)Cn1c(=NC(=O)c2cccc(NS(=O)(=O)c3ccc(Cl)cc3)c2)sc2cc(OC)ccc21. The van der Waals surface area contributed by atoms with Gasteiger partial charge in [-0.25, -0.2) is 8.42 Å². The number of nitrogens with zero attached hydrogens (tertiary/aromatic N) is 2. The summed E-state index contributed by atoms with van der Waals surface area (Å²) in [6, 6.07) is 17.0. The van der Waals surface area contributed by atoms with Gasteiger partial charge in [-0.15, -0.1) is 0 Å². The number of carbonyl (C=O) groups excluding carboxylic acids is 2. The summed E-state index contributed by atoms with van der Waals surface area (Å²) in [5.74, 6) is -0.454. The fraction of sp³-hybridized carbons (Fsp3) is 0.160. The zero-order chi connectivity index (χ0) is 26.6. The van der Waals surface area contributed by atoms with Gasteiger partial charge in [0, 0.05) is 16.3 Å². The third-order valence-corrected chi connectivity index (χ3v) is 7.86. The summed E-state index contributed by atoms with van der Waals surface area (Å²) in [5, 5.41) is 0.410. The molecule has 0 aliphatic rings. The number of hydrogen-bond donors (Lipinski definition) is 1. The van der Waals surface area contributed by atoms with Crippen LogP contribution in [0.15, 0.2) is 76.6 Å². The second-order valence-electron chi connectivity index (χ2n) is 7.67. The van der Waals surface area contributed by atoms with E-state index in [1.807, 2.05) is 0 Å². The number of rotatable bonds is 8. The first-order chi connectivity index (χ1) is 17.7. The maximum Gasteiger partial charge on any atom is 0.326 e. The zero-order valence-corrected chi connectivity index (χ0v) is 22.2. The van der Waals surface area contributed by atoms with E-state index in [4.69, 9.17) is 21.1 Å². The van der Waals surface area contributed by atoms with Crippen LogP contribution in [0.2, 0.25) is 5.02 Å². The number of esters is 1. The maximum absolute atomic E-state index is 13.1. The van der Waals surface area contributed by atoms with Crippen LogP contribution >= 0.6 is 22.9 Å². The number of hydrogen-bond acceptors (Lipinski definition) is 7. The first-order valence-electron chi connectivity index (χ1n) is 11.0. The van der Waals surface area contributed by atoms with Crippen molar-refractivity contribution in [3.05, 3.63) is 82.1 Å². The monoisotopic (exact) mass is 559 g/mol. The summed E-state index contributed by atoms with van der Waals surface area (Å²) < 4.78 is 40.6. The molecule has 9 nitrogen and oxygen atoms in total. The lowest BCUT2D eigenvalue weighted by molar-refractivity contribution is -0.143. The van der Waals surface area contributed by atoms with Gasteiger partial charge < -0.3 is 14.0 Å². The van der Waals surface area contributed by atoms with Crippen molar-refractivity contribution in [3.63, 3.8) is 0 Å². The molecule has 0 fully saturated rings. The Morgan fingerprint density at radius 2 is 1.84 bits per heavy atom. The molecule has 1 amide bonds. The van der Waals surface area contributed by atoms with Crippen molar-refractivity contribution in [2.45, 2.75) is 18.4 Å². The number of sulfonamides is 1. The minimum atomic E-state index is -3.90. The molecule has 0 unspecified atom stereocenters. The molecule has 0 bridgehead atoms. The average molecular weight is 560 g/mol. The number of amides is 1. The molecular weight excluding hydrogens is 538 g/mol. The molecule has 1 N–H and O–H groups in total. The smallest absolute Gasteiger partial charge is 0.326 e. The van der Waals surface area contributed by atoms with E-state index in [0.29, 0.717) is 16.3 Å². The first-order valence-corrected chi connectivity index (χ1v) is 13.7. The maximum atomic E-state index is 13.1. The molecule has 0 saturated heterocycles. The third-order valence-electron chi connectivity index (χ3n) is 5.17. The minimum Gasteiger partial charge on any atom is -0.497 e. The molecular formula is C25H22ClN3O6S2. The Balaban J connectivity index is 1.68. The molecule has 37 heavy (non-hydrogen) atoms. The Kier molecular flexibility index (Phi) is 7.96. The lowest BCUT2D eigenvalue weighted by Gasteiger charge is -2.09. The largest absolute Gasteiger partial charge is 0.497 e. The van der Waals surface area contributed by atoms with Crippen molar-refractivity contribution in [2.75, 3.05) is 18.4 Å². The Morgan fingerprint density at radius 1 is 1.08 bits per heavy atom. The summed E-state index contributed by atoms with van der Waals surface area (Å²) in [6.45, 7) is 1.80. The van der Waals surface area contributed by atoms with Crippen molar-refractivity contribution >= 4 is 60.7 Å². The highest BCUT2D eigenvalue weighted by molar-refractivity contribution is 7.92. The van der Waals surface area contributed by atoms with Crippen molar-refractivity contribution in [1.82, 2.24) is 4.57 Å². The van der Waals surface area contributed by atoms with Crippen molar-refractivity contribution < 1.29 is 27.5 Å². The van der Waals surface area contributed by atoms with Gasteiger partial charge in [-0.3, -0.25) is 14.3 Å². The van der Waals surface area contributed by atoms with E-state index in [1.165, 1.54) is 53.8 Å². The van der Waals surface area contributed by atoms with E-state index in [-0.39, 0.29) is 34.1 Å². The number of methoxy groups -OCH3 is 1. The molecule has 192 valence electrons. The number of thiazole rings is 1. The highest BCUT2D eigenvalue weighted by Crippen LogP contribution is 2.24. The van der Waals surface area contributed by atoms with Crippen molar-refractivity contribution in [3.8, 4) is 5.75 Å². The van der Waals surface area contributed by atoms with Gasteiger partial charge in [0.2, 0.25) is 0 Å².